The van der Waals surface area contributed by atoms with E-state index in [1.54, 1.807) is 14.2 Å². The molecule has 140 valence electrons. The lowest BCUT2D eigenvalue weighted by molar-refractivity contribution is -0.120. The fourth-order valence-electron chi connectivity index (χ4n) is 2.64. The van der Waals surface area contributed by atoms with Crippen LogP contribution < -0.4 is 15.4 Å². The van der Waals surface area contributed by atoms with E-state index in [4.69, 9.17) is 16.3 Å². The number of rotatable bonds is 6. The third-order valence-electron chi connectivity index (χ3n) is 4.17. The quantitative estimate of drug-likeness (QED) is 0.638. The molecule has 1 heterocycles. The molecule has 5 nitrogen and oxygen atoms in total. The van der Waals surface area contributed by atoms with Crippen LogP contribution in [0.25, 0.3) is 10.1 Å². The van der Waals surface area contributed by atoms with Gasteiger partial charge in [0.25, 0.3) is 5.91 Å². The Kier molecular flexibility index (Phi) is 5.98. The molecule has 0 spiro atoms. The molecule has 0 radical (unpaired) electrons. The van der Waals surface area contributed by atoms with Crippen LogP contribution in [0.15, 0.2) is 42.5 Å². The Labute approximate surface area is 166 Å². The van der Waals surface area contributed by atoms with Crippen LogP contribution in [0, 0.1) is 0 Å². The average Bonchev–Trinajstić information content (AvgIpc) is 3.03. The molecule has 1 aromatic heterocycles. The van der Waals surface area contributed by atoms with Gasteiger partial charge in [0.15, 0.2) is 0 Å². The van der Waals surface area contributed by atoms with Crippen molar-refractivity contribution in [1.82, 2.24) is 5.32 Å². The Morgan fingerprint density at radius 1 is 1.15 bits per heavy atom. The first-order valence-electron chi connectivity index (χ1n) is 8.38. The number of carbonyl (C=O) groups is 2. The second-order valence-corrected chi connectivity index (χ2v) is 7.36. The number of hydrogen-bond donors (Lipinski definition) is 2. The van der Waals surface area contributed by atoms with Gasteiger partial charge in [-0.2, -0.15) is 0 Å². The van der Waals surface area contributed by atoms with Crippen molar-refractivity contribution in [2.24, 2.45) is 0 Å². The highest BCUT2D eigenvalue weighted by Crippen LogP contribution is 2.37. The molecule has 3 rings (SSSR count). The van der Waals surface area contributed by atoms with E-state index in [0.29, 0.717) is 28.4 Å². The maximum absolute atomic E-state index is 12.6. The molecule has 3 aromatic rings. The molecule has 0 saturated heterocycles. The largest absolute Gasteiger partial charge is 0.497 e. The van der Waals surface area contributed by atoms with Crippen LogP contribution in [0.1, 0.15) is 21.7 Å². The zero-order chi connectivity index (χ0) is 19.4. The van der Waals surface area contributed by atoms with Crippen molar-refractivity contribution in [3.05, 3.63) is 57.9 Å². The van der Waals surface area contributed by atoms with E-state index in [2.05, 4.69) is 10.6 Å². The van der Waals surface area contributed by atoms with Crippen molar-refractivity contribution < 1.29 is 14.3 Å². The van der Waals surface area contributed by atoms with Crippen molar-refractivity contribution >= 4 is 50.5 Å². The van der Waals surface area contributed by atoms with Gasteiger partial charge in [-0.15, -0.1) is 11.3 Å². The van der Waals surface area contributed by atoms with Gasteiger partial charge in [0, 0.05) is 29.2 Å². The number of hydrogen-bond acceptors (Lipinski definition) is 4. The number of fused-ring (bicyclic) bond motifs is 1. The van der Waals surface area contributed by atoms with Gasteiger partial charge in [-0.05, 0) is 42.3 Å². The summed E-state index contributed by atoms with van der Waals surface area (Å²) in [5.41, 5.74) is 1.71. The van der Waals surface area contributed by atoms with E-state index in [-0.39, 0.29) is 11.8 Å². The monoisotopic (exact) mass is 402 g/mol. The Bertz CT molecular complexity index is 983. The van der Waals surface area contributed by atoms with Gasteiger partial charge < -0.3 is 15.4 Å². The number of nitrogens with one attached hydrogen (secondary N) is 2. The molecule has 0 aliphatic heterocycles. The molecule has 27 heavy (non-hydrogen) atoms. The summed E-state index contributed by atoms with van der Waals surface area (Å²) in [6, 6.07) is 13.0. The van der Waals surface area contributed by atoms with Crippen LogP contribution in [-0.2, 0) is 11.2 Å². The van der Waals surface area contributed by atoms with Crippen LogP contribution in [-0.4, -0.2) is 26.0 Å². The van der Waals surface area contributed by atoms with Crippen molar-refractivity contribution in [1.29, 1.82) is 0 Å². The molecular formula is C20H19ClN2O3S. The molecule has 0 aliphatic rings. The SMILES string of the molecule is CNC(=O)CCc1ccc(NC(=O)c2sc3cc(OC)ccc3c2Cl)cc1. The zero-order valence-corrected chi connectivity index (χ0v) is 16.5. The fourth-order valence-corrected chi connectivity index (χ4v) is 4.08. The standard InChI is InChI=1S/C20H19ClN2O3S/c1-22-17(24)10-5-12-3-6-13(7-4-12)23-20(25)19-18(21)15-9-8-14(26-2)11-16(15)27-19/h3-4,6-9,11H,5,10H2,1-2H3,(H,22,24)(H,23,25). The Hall–Kier alpha value is -2.57. The number of carbonyl (C=O) groups excluding carboxylic acids is 2. The van der Waals surface area contributed by atoms with Crippen LogP contribution in [0.5, 0.6) is 5.75 Å². The van der Waals surface area contributed by atoms with Crippen molar-refractivity contribution in [3.63, 3.8) is 0 Å². The Balaban J connectivity index is 1.72. The number of benzene rings is 2. The topological polar surface area (TPSA) is 67.4 Å². The van der Waals surface area contributed by atoms with Crippen LogP contribution in [0.4, 0.5) is 5.69 Å². The predicted octanol–water partition coefficient (Wildman–Crippen LogP) is 4.49. The van der Waals surface area contributed by atoms with E-state index < -0.39 is 0 Å². The smallest absolute Gasteiger partial charge is 0.267 e. The maximum Gasteiger partial charge on any atom is 0.267 e. The van der Waals surface area contributed by atoms with Gasteiger partial charge in [-0.1, -0.05) is 23.7 Å². The van der Waals surface area contributed by atoms with Gasteiger partial charge in [0.2, 0.25) is 5.91 Å². The number of amides is 2. The lowest BCUT2D eigenvalue weighted by Crippen LogP contribution is -2.17. The number of ether oxygens (including phenoxy) is 1. The lowest BCUT2D eigenvalue weighted by Gasteiger charge is -2.06. The molecular weight excluding hydrogens is 384 g/mol. The summed E-state index contributed by atoms with van der Waals surface area (Å²) in [6.45, 7) is 0. The summed E-state index contributed by atoms with van der Waals surface area (Å²) < 4.78 is 6.12. The third kappa shape index (κ3) is 4.40. The molecule has 0 unspecified atom stereocenters. The van der Waals surface area contributed by atoms with Gasteiger partial charge in [0.1, 0.15) is 10.6 Å². The fraction of sp³-hybridized carbons (Fsp3) is 0.200. The minimum absolute atomic E-state index is 0.00316. The van der Waals surface area contributed by atoms with E-state index in [1.807, 2.05) is 42.5 Å². The second-order valence-electron chi connectivity index (χ2n) is 5.93. The summed E-state index contributed by atoms with van der Waals surface area (Å²) in [6.07, 6.45) is 1.08. The van der Waals surface area contributed by atoms with Gasteiger partial charge >= 0.3 is 0 Å². The summed E-state index contributed by atoms with van der Waals surface area (Å²) in [5.74, 6) is 0.474. The first kappa shape index (κ1) is 19.2. The highest BCUT2D eigenvalue weighted by atomic mass is 35.5. The van der Waals surface area contributed by atoms with Crippen LogP contribution in [0.2, 0.25) is 5.02 Å². The first-order valence-corrected chi connectivity index (χ1v) is 9.58. The van der Waals surface area contributed by atoms with Gasteiger partial charge in [0.05, 0.1) is 12.1 Å². The first-order chi connectivity index (χ1) is 13.0. The molecule has 0 saturated carbocycles. The molecule has 0 fully saturated rings. The van der Waals surface area contributed by atoms with Crippen molar-refractivity contribution in [2.45, 2.75) is 12.8 Å². The average molecular weight is 403 g/mol. The number of aryl methyl sites for hydroxylation is 1. The minimum atomic E-state index is -0.252. The van der Waals surface area contributed by atoms with Crippen molar-refractivity contribution in [2.75, 3.05) is 19.5 Å². The number of anilines is 1. The summed E-state index contributed by atoms with van der Waals surface area (Å²) in [7, 11) is 3.22. The van der Waals surface area contributed by atoms with E-state index in [0.717, 1.165) is 21.4 Å². The summed E-state index contributed by atoms with van der Waals surface area (Å²) in [5, 5.41) is 6.74. The zero-order valence-electron chi connectivity index (χ0n) is 15.0. The molecule has 0 bridgehead atoms. The number of halogens is 1. The van der Waals surface area contributed by atoms with E-state index in [1.165, 1.54) is 11.3 Å². The molecule has 0 aliphatic carbocycles. The Morgan fingerprint density at radius 2 is 1.89 bits per heavy atom. The second kappa shape index (κ2) is 8.41. The summed E-state index contributed by atoms with van der Waals surface area (Å²) >= 11 is 7.72. The number of thiophene rings is 1. The van der Waals surface area contributed by atoms with E-state index in [9.17, 15) is 9.59 Å². The highest BCUT2D eigenvalue weighted by Gasteiger charge is 2.17. The molecule has 2 amide bonds. The van der Waals surface area contributed by atoms with E-state index >= 15 is 0 Å². The third-order valence-corrected chi connectivity index (χ3v) is 5.83. The molecule has 2 N–H and O–H groups in total. The normalized spacial score (nSPS) is 10.6. The lowest BCUT2D eigenvalue weighted by atomic mass is 10.1. The minimum Gasteiger partial charge on any atom is -0.497 e. The molecule has 7 heteroatoms. The van der Waals surface area contributed by atoms with Crippen LogP contribution >= 0.6 is 22.9 Å². The predicted molar refractivity (Wildman–Crippen MR) is 110 cm³/mol. The molecule has 2 aromatic carbocycles. The van der Waals surface area contributed by atoms with Crippen molar-refractivity contribution in [3.8, 4) is 5.75 Å². The van der Waals surface area contributed by atoms with Gasteiger partial charge in [-0.3, -0.25) is 9.59 Å². The summed E-state index contributed by atoms with van der Waals surface area (Å²) in [4.78, 5) is 24.4. The highest BCUT2D eigenvalue weighted by molar-refractivity contribution is 7.21. The molecule has 0 atom stereocenters. The number of methoxy groups -OCH3 is 1. The van der Waals surface area contributed by atoms with Gasteiger partial charge in [-0.25, -0.2) is 0 Å². The Morgan fingerprint density at radius 3 is 2.56 bits per heavy atom. The maximum atomic E-state index is 12.6. The van der Waals surface area contributed by atoms with Crippen LogP contribution in [0.3, 0.4) is 0 Å².